The zero-order chi connectivity index (χ0) is 25.3. The van der Waals surface area contributed by atoms with E-state index in [1.807, 2.05) is 39.8 Å². The standard InChI is InChI=1S/C29H28FNO4/c1-17(2)16-35-24-7-5-6-21(15-24)27(32)25-26(20-9-11-22(30)12-10-20)31(29(34)28(25)33)23-13-8-18(3)19(4)14-23/h5-15,17,26,32H,16H2,1-4H3/b27-25+. The maximum absolute atomic E-state index is 13.7. The lowest BCUT2D eigenvalue weighted by atomic mass is 9.95. The number of Topliss-reactive ketones (excluding diaryl/α,β-unsaturated/α-hetero) is 1. The molecule has 4 rings (SSSR count). The van der Waals surface area contributed by atoms with Crippen LogP contribution in [-0.2, 0) is 9.59 Å². The highest BCUT2D eigenvalue weighted by atomic mass is 19.1. The summed E-state index contributed by atoms with van der Waals surface area (Å²) < 4.78 is 19.5. The van der Waals surface area contributed by atoms with Crippen LogP contribution >= 0.6 is 0 Å². The third kappa shape index (κ3) is 4.83. The molecule has 3 aromatic rings. The number of aryl methyl sites for hydroxylation is 2. The van der Waals surface area contributed by atoms with Crippen molar-refractivity contribution in [2.45, 2.75) is 33.7 Å². The Kier molecular flexibility index (Phi) is 6.74. The molecule has 6 heteroatoms. The highest BCUT2D eigenvalue weighted by molar-refractivity contribution is 6.51. The molecule has 5 nitrogen and oxygen atoms in total. The van der Waals surface area contributed by atoms with Gasteiger partial charge in [-0.1, -0.05) is 44.2 Å². The first-order valence-electron chi connectivity index (χ1n) is 11.5. The number of hydrogen-bond acceptors (Lipinski definition) is 4. The maximum Gasteiger partial charge on any atom is 0.300 e. The summed E-state index contributed by atoms with van der Waals surface area (Å²) >= 11 is 0. The summed E-state index contributed by atoms with van der Waals surface area (Å²) in [5.74, 6) is -1.44. The maximum atomic E-state index is 13.7. The Bertz CT molecular complexity index is 1310. The Hall–Kier alpha value is -3.93. The summed E-state index contributed by atoms with van der Waals surface area (Å²) in [6.45, 7) is 8.43. The number of carbonyl (C=O) groups is 2. The molecule has 0 spiro atoms. The smallest absolute Gasteiger partial charge is 0.300 e. The van der Waals surface area contributed by atoms with Crippen LogP contribution in [0.4, 0.5) is 10.1 Å². The number of ether oxygens (including phenoxy) is 1. The van der Waals surface area contributed by atoms with E-state index in [2.05, 4.69) is 0 Å². The van der Waals surface area contributed by atoms with Crippen molar-refractivity contribution in [2.75, 3.05) is 11.5 Å². The molecule has 1 saturated heterocycles. The van der Waals surface area contributed by atoms with Gasteiger partial charge < -0.3 is 9.84 Å². The van der Waals surface area contributed by atoms with Crippen LogP contribution in [0.25, 0.3) is 5.76 Å². The summed E-state index contributed by atoms with van der Waals surface area (Å²) in [6.07, 6.45) is 0. The van der Waals surface area contributed by atoms with Crippen molar-refractivity contribution in [3.8, 4) is 5.75 Å². The molecule has 0 bridgehead atoms. The fourth-order valence-electron chi connectivity index (χ4n) is 4.09. The lowest BCUT2D eigenvalue weighted by molar-refractivity contribution is -0.132. The van der Waals surface area contributed by atoms with Gasteiger partial charge >= 0.3 is 0 Å². The first kappa shape index (κ1) is 24.2. The van der Waals surface area contributed by atoms with Gasteiger partial charge in [-0.2, -0.15) is 0 Å². The van der Waals surface area contributed by atoms with Crippen molar-refractivity contribution in [3.05, 3.63) is 100 Å². The van der Waals surface area contributed by atoms with Gasteiger partial charge in [-0.3, -0.25) is 14.5 Å². The SMILES string of the molecule is Cc1ccc(N2C(=O)C(=O)/C(=C(/O)c3cccc(OCC(C)C)c3)C2c2ccc(F)cc2)cc1C. The quantitative estimate of drug-likeness (QED) is 0.267. The van der Waals surface area contributed by atoms with E-state index >= 15 is 0 Å². The van der Waals surface area contributed by atoms with E-state index in [1.165, 1.54) is 29.2 Å². The van der Waals surface area contributed by atoms with Crippen LogP contribution in [0.1, 0.15) is 42.1 Å². The molecule has 1 atom stereocenters. The topological polar surface area (TPSA) is 66.8 Å². The van der Waals surface area contributed by atoms with E-state index in [0.29, 0.717) is 35.1 Å². The van der Waals surface area contributed by atoms with Crippen molar-refractivity contribution >= 4 is 23.1 Å². The number of carbonyl (C=O) groups excluding carboxylic acids is 2. The van der Waals surface area contributed by atoms with Gasteiger partial charge in [0.25, 0.3) is 11.7 Å². The second-order valence-corrected chi connectivity index (χ2v) is 9.22. The Labute approximate surface area is 204 Å². The number of anilines is 1. The molecule has 180 valence electrons. The van der Waals surface area contributed by atoms with Gasteiger partial charge in [-0.05, 0) is 72.9 Å². The van der Waals surface area contributed by atoms with Gasteiger partial charge in [-0.15, -0.1) is 0 Å². The third-order valence-corrected chi connectivity index (χ3v) is 6.09. The van der Waals surface area contributed by atoms with E-state index in [1.54, 1.807) is 30.3 Å². The predicted octanol–water partition coefficient (Wildman–Crippen LogP) is 6.10. The van der Waals surface area contributed by atoms with Gasteiger partial charge in [-0.25, -0.2) is 4.39 Å². The summed E-state index contributed by atoms with van der Waals surface area (Å²) in [4.78, 5) is 27.9. The van der Waals surface area contributed by atoms with Crippen LogP contribution in [0, 0.1) is 25.6 Å². The Morgan fingerprint density at radius 1 is 1.00 bits per heavy atom. The molecule has 1 unspecified atom stereocenters. The molecule has 35 heavy (non-hydrogen) atoms. The van der Waals surface area contributed by atoms with Crippen molar-refractivity contribution < 1.29 is 23.8 Å². The number of benzene rings is 3. The normalized spacial score (nSPS) is 17.3. The van der Waals surface area contributed by atoms with Gasteiger partial charge in [0.2, 0.25) is 0 Å². The average Bonchev–Trinajstić information content (AvgIpc) is 3.10. The van der Waals surface area contributed by atoms with Crippen LogP contribution in [0.3, 0.4) is 0 Å². The number of hydrogen-bond donors (Lipinski definition) is 1. The second kappa shape index (κ2) is 9.74. The third-order valence-electron chi connectivity index (χ3n) is 6.09. The van der Waals surface area contributed by atoms with Crippen LogP contribution in [-0.4, -0.2) is 23.4 Å². The molecule has 1 aliphatic heterocycles. The Balaban J connectivity index is 1.87. The monoisotopic (exact) mass is 473 g/mol. The highest BCUT2D eigenvalue weighted by Gasteiger charge is 2.47. The van der Waals surface area contributed by atoms with Crippen molar-refractivity contribution in [1.29, 1.82) is 0 Å². The van der Waals surface area contributed by atoms with Gasteiger partial charge in [0.15, 0.2) is 0 Å². The molecule has 0 saturated carbocycles. The van der Waals surface area contributed by atoms with Gasteiger partial charge in [0, 0.05) is 11.3 Å². The number of amides is 1. The second-order valence-electron chi connectivity index (χ2n) is 9.22. The fraction of sp³-hybridized carbons (Fsp3) is 0.241. The molecule has 0 aliphatic carbocycles. The van der Waals surface area contributed by atoms with E-state index in [4.69, 9.17) is 4.74 Å². The molecule has 1 aliphatic rings. The van der Waals surface area contributed by atoms with E-state index in [-0.39, 0.29) is 11.3 Å². The minimum Gasteiger partial charge on any atom is -0.507 e. The van der Waals surface area contributed by atoms with E-state index in [0.717, 1.165) is 11.1 Å². The minimum atomic E-state index is -0.919. The van der Waals surface area contributed by atoms with E-state index in [9.17, 15) is 19.1 Å². The molecule has 0 aromatic heterocycles. The van der Waals surface area contributed by atoms with Crippen molar-refractivity contribution in [1.82, 2.24) is 0 Å². The van der Waals surface area contributed by atoms with Gasteiger partial charge in [0.1, 0.15) is 17.3 Å². The van der Waals surface area contributed by atoms with Crippen LogP contribution < -0.4 is 9.64 Å². The zero-order valence-electron chi connectivity index (χ0n) is 20.2. The zero-order valence-corrected chi connectivity index (χ0v) is 20.2. The summed E-state index contributed by atoms with van der Waals surface area (Å²) in [6, 6.07) is 16.9. The summed E-state index contributed by atoms with van der Waals surface area (Å²) in [5.41, 5.74) is 3.34. The number of rotatable bonds is 6. The molecular weight excluding hydrogens is 445 g/mol. The van der Waals surface area contributed by atoms with Crippen LogP contribution in [0.15, 0.2) is 72.3 Å². The number of ketones is 1. The number of nitrogens with zero attached hydrogens (tertiary/aromatic N) is 1. The summed E-state index contributed by atoms with van der Waals surface area (Å²) in [7, 11) is 0. The molecule has 0 radical (unpaired) electrons. The van der Waals surface area contributed by atoms with Gasteiger partial charge in [0.05, 0.1) is 18.2 Å². The molecule has 1 fully saturated rings. The lowest BCUT2D eigenvalue weighted by Gasteiger charge is -2.26. The van der Waals surface area contributed by atoms with Crippen LogP contribution in [0.2, 0.25) is 0 Å². The molecular formula is C29H28FNO4. The van der Waals surface area contributed by atoms with E-state index < -0.39 is 23.5 Å². The molecule has 1 N–H and O–H groups in total. The first-order valence-corrected chi connectivity index (χ1v) is 11.5. The minimum absolute atomic E-state index is 0.0548. The molecule has 1 heterocycles. The largest absolute Gasteiger partial charge is 0.507 e. The highest BCUT2D eigenvalue weighted by Crippen LogP contribution is 2.42. The van der Waals surface area contributed by atoms with Crippen LogP contribution in [0.5, 0.6) is 5.75 Å². The Morgan fingerprint density at radius 3 is 2.37 bits per heavy atom. The fourth-order valence-corrected chi connectivity index (χ4v) is 4.09. The predicted molar refractivity (Wildman–Crippen MR) is 134 cm³/mol. The molecule has 3 aromatic carbocycles. The van der Waals surface area contributed by atoms with Crippen molar-refractivity contribution in [2.24, 2.45) is 5.92 Å². The Morgan fingerprint density at radius 2 is 1.71 bits per heavy atom. The lowest BCUT2D eigenvalue weighted by Crippen LogP contribution is -2.29. The number of aliphatic hydroxyl groups excluding tert-OH is 1. The number of halogens is 1. The summed E-state index contributed by atoms with van der Waals surface area (Å²) in [5, 5.41) is 11.3. The average molecular weight is 474 g/mol. The number of aliphatic hydroxyl groups is 1. The molecule has 1 amide bonds. The first-order chi connectivity index (χ1) is 16.7. The van der Waals surface area contributed by atoms with Crippen molar-refractivity contribution in [3.63, 3.8) is 0 Å².